The molecule has 3 aliphatic rings. The fourth-order valence-electron chi connectivity index (χ4n) is 2.05. The highest BCUT2D eigenvalue weighted by molar-refractivity contribution is 4.69. The van der Waals surface area contributed by atoms with Crippen LogP contribution >= 0.6 is 0 Å². The number of fused-ring (bicyclic) bond motifs is 6. The maximum absolute atomic E-state index is 5.25. The van der Waals surface area contributed by atoms with Crippen molar-refractivity contribution in [1.82, 2.24) is 0 Å². The second-order valence-corrected chi connectivity index (χ2v) is 3.73. The Balaban J connectivity index is 1.96. The van der Waals surface area contributed by atoms with Crippen molar-refractivity contribution in [3.05, 3.63) is 0 Å². The van der Waals surface area contributed by atoms with Crippen LogP contribution in [0.1, 0.15) is 38.5 Å². The normalized spacial score (nSPS) is 39.3. The van der Waals surface area contributed by atoms with E-state index in [1.54, 1.807) is 0 Å². The summed E-state index contributed by atoms with van der Waals surface area (Å²) < 4.78 is 0. The van der Waals surface area contributed by atoms with Crippen LogP contribution in [0.25, 0.3) is 0 Å². The van der Waals surface area contributed by atoms with Gasteiger partial charge in [-0.15, -0.1) is 0 Å². The van der Waals surface area contributed by atoms with Crippen LogP contribution < -0.4 is 0 Å². The lowest BCUT2D eigenvalue weighted by Gasteiger charge is -2.28. The van der Waals surface area contributed by atoms with Gasteiger partial charge in [-0.05, 0) is 31.6 Å². The third kappa shape index (κ3) is 1.94. The van der Waals surface area contributed by atoms with Crippen LogP contribution in [0, 0.1) is 5.92 Å². The van der Waals surface area contributed by atoms with Crippen molar-refractivity contribution in [3.63, 3.8) is 0 Å². The fourth-order valence-corrected chi connectivity index (χ4v) is 2.05. The molecule has 2 bridgehead atoms. The summed E-state index contributed by atoms with van der Waals surface area (Å²) in [6.07, 6.45) is 8.17. The van der Waals surface area contributed by atoms with E-state index in [0.717, 1.165) is 12.5 Å². The summed E-state index contributed by atoms with van der Waals surface area (Å²) in [6.45, 7) is 0.830. The molecule has 11 heavy (non-hydrogen) atoms. The first kappa shape index (κ1) is 7.56. The first-order valence-corrected chi connectivity index (χ1v) is 4.73. The molecule has 0 aromatic carbocycles. The lowest BCUT2D eigenvalue weighted by atomic mass is 9.90. The van der Waals surface area contributed by atoms with Gasteiger partial charge in [0.1, 0.15) is 0 Å². The third-order valence-corrected chi connectivity index (χ3v) is 2.78. The summed E-state index contributed by atoms with van der Waals surface area (Å²) in [7, 11) is 0. The van der Waals surface area contributed by atoms with Crippen LogP contribution in [0.4, 0.5) is 0 Å². The molecule has 1 aliphatic carbocycles. The topological polar surface area (TPSA) is 18.5 Å². The van der Waals surface area contributed by atoms with E-state index in [9.17, 15) is 0 Å². The minimum atomic E-state index is 0.399. The van der Waals surface area contributed by atoms with E-state index in [1.165, 1.54) is 38.5 Å². The van der Waals surface area contributed by atoms with Gasteiger partial charge >= 0.3 is 0 Å². The van der Waals surface area contributed by atoms with Gasteiger partial charge in [0.25, 0.3) is 0 Å². The minimum absolute atomic E-state index is 0.399. The monoisotopic (exact) mass is 156 g/mol. The predicted octanol–water partition coefficient (Wildman–Crippen LogP) is 2.29. The summed E-state index contributed by atoms with van der Waals surface area (Å²) in [5.74, 6) is 0.774. The van der Waals surface area contributed by atoms with Crippen molar-refractivity contribution in [2.24, 2.45) is 5.92 Å². The van der Waals surface area contributed by atoms with E-state index in [2.05, 4.69) is 0 Å². The Morgan fingerprint density at radius 3 is 2.36 bits per heavy atom. The molecule has 0 unspecified atom stereocenters. The Morgan fingerprint density at radius 1 is 0.909 bits per heavy atom. The van der Waals surface area contributed by atoms with E-state index < -0.39 is 0 Å². The Morgan fingerprint density at radius 2 is 1.64 bits per heavy atom. The molecule has 0 atom stereocenters. The lowest BCUT2D eigenvalue weighted by molar-refractivity contribution is -0.341. The van der Waals surface area contributed by atoms with Gasteiger partial charge in [-0.1, -0.05) is 12.8 Å². The SMILES string of the molecule is C1CC2CCCC(C1)OOC2. The van der Waals surface area contributed by atoms with Crippen molar-refractivity contribution < 1.29 is 9.78 Å². The van der Waals surface area contributed by atoms with E-state index in [0.29, 0.717) is 6.10 Å². The molecule has 0 radical (unpaired) electrons. The molecule has 2 heterocycles. The van der Waals surface area contributed by atoms with Crippen LogP contribution in [0.15, 0.2) is 0 Å². The molecule has 3 rings (SSSR count). The van der Waals surface area contributed by atoms with E-state index >= 15 is 0 Å². The molecule has 0 amide bonds. The summed E-state index contributed by atoms with van der Waals surface area (Å²) in [6, 6.07) is 0. The van der Waals surface area contributed by atoms with Gasteiger partial charge < -0.3 is 0 Å². The molecule has 2 aliphatic heterocycles. The Hall–Kier alpha value is -0.0800. The zero-order valence-corrected chi connectivity index (χ0v) is 6.92. The lowest BCUT2D eigenvalue weighted by Crippen LogP contribution is -2.24. The van der Waals surface area contributed by atoms with E-state index in [-0.39, 0.29) is 0 Å². The van der Waals surface area contributed by atoms with Crippen LogP contribution in [-0.4, -0.2) is 12.7 Å². The molecule has 0 N–H and O–H groups in total. The van der Waals surface area contributed by atoms with Gasteiger partial charge in [0.2, 0.25) is 0 Å². The second kappa shape index (κ2) is 3.55. The fraction of sp³-hybridized carbons (Fsp3) is 1.00. The molecule has 3 fully saturated rings. The average Bonchev–Trinajstić information content (AvgIpc) is 1.80. The van der Waals surface area contributed by atoms with Crippen molar-refractivity contribution in [2.75, 3.05) is 6.61 Å². The Labute approximate surface area is 67.8 Å². The highest BCUT2D eigenvalue weighted by atomic mass is 17.2. The molecular formula is C9H16O2. The van der Waals surface area contributed by atoms with Crippen molar-refractivity contribution in [2.45, 2.75) is 44.6 Å². The van der Waals surface area contributed by atoms with E-state index in [4.69, 9.17) is 9.78 Å². The zero-order valence-electron chi connectivity index (χ0n) is 6.92. The Kier molecular flexibility index (Phi) is 2.44. The molecule has 0 aromatic heterocycles. The minimum Gasteiger partial charge on any atom is -0.236 e. The second-order valence-electron chi connectivity index (χ2n) is 3.73. The number of rotatable bonds is 0. The van der Waals surface area contributed by atoms with Crippen LogP contribution in [-0.2, 0) is 9.78 Å². The number of hydrogen-bond acceptors (Lipinski definition) is 2. The molecule has 64 valence electrons. The van der Waals surface area contributed by atoms with Gasteiger partial charge in [-0.3, -0.25) is 0 Å². The third-order valence-electron chi connectivity index (χ3n) is 2.78. The van der Waals surface area contributed by atoms with Gasteiger partial charge in [0.05, 0.1) is 12.7 Å². The number of hydrogen-bond donors (Lipinski definition) is 0. The molecule has 0 spiro atoms. The van der Waals surface area contributed by atoms with Crippen LogP contribution in [0.3, 0.4) is 0 Å². The van der Waals surface area contributed by atoms with E-state index in [1.807, 2.05) is 0 Å². The molecular weight excluding hydrogens is 140 g/mol. The molecule has 0 aromatic rings. The summed E-state index contributed by atoms with van der Waals surface area (Å²) in [5.41, 5.74) is 0. The summed E-state index contributed by atoms with van der Waals surface area (Å²) in [4.78, 5) is 10.4. The van der Waals surface area contributed by atoms with Gasteiger partial charge in [-0.2, -0.15) is 0 Å². The molecule has 2 heteroatoms. The Bertz CT molecular complexity index is 89.0. The first-order chi connectivity index (χ1) is 5.45. The van der Waals surface area contributed by atoms with Crippen LogP contribution in [0.5, 0.6) is 0 Å². The highest BCUT2D eigenvalue weighted by Gasteiger charge is 2.21. The van der Waals surface area contributed by atoms with Gasteiger partial charge in [0, 0.05) is 0 Å². The standard InChI is InChI=1S/C9H16O2/c1-3-8-4-2-6-9(5-1)11-10-7-8/h8-9H,1-7H2. The van der Waals surface area contributed by atoms with Crippen molar-refractivity contribution in [3.8, 4) is 0 Å². The summed E-state index contributed by atoms with van der Waals surface area (Å²) >= 11 is 0. The molecule has 1 saturated carbocycles. The first-order valence-electron chi connectivity index (χ1n) is 4.73. The summed E-state index contributed by atoms with van der Waals surface area (Å²) in [5, 5.41) is 0. The van der Waals surface area contributed by atoms with Crippen molar-refractivity contribution in [1.29, 1.82) is 0 Å². The average molecular weight is 156 g/mol. The molecule has 2 nitrogen and oxygen atoms in total. The maximum atomic E-state index is 5.25. The predicted molar refractivity (Wildman–Crippen MR) is 42.0 cm³/mol. The van der Waals surface area contributed by atoms with Crippen LogP contribution in [0.2, 0.25) is 0 Å². The quantitative estimate of drug-likeness (QED) is 0.501. The van der Waals surface area contributed by atoms with Crippen molar-refractivity contribution >= 4 is 0 Å². The van der Waals surface area contributed by atoms with Gasteiger partial charge in [-0.25, -0.2) is 9.78 Å². The largest absolute Gasteiger partial charge is 0.236 e. The highest BCUT2D eigenvalue weighted by Crippen LogP contribution is 2.27. The van der Waals surface area contributed by atoms with Gasteiger partial charge in [0.15, 0.2) is 0 Å². The smallest absolute Gasteiger partial charge is 0.0930 e. The maximum Gasteiger partial charge on any atom is 0.0930 e. The zero-order chi connectivity index (χ0) is 7.52. The molecule has 2 saturated heterocycles.